The molecule has 2 nitrogen and oxygen atoms in total. The van der Waals surface area contributed by atoms with Crippen molar-refractivity contribution in [2.24, 2.45) is 0 Å². The maximum Gasteiger partial charge on any atom is 0.114 e. The Kier molecular flexibility index (Phi) is 23.4. The lowest BCUT2D eigenvalue weighted by atomic mass is 9.69. The van der Waals surface area contributed by atoms with Crippen LogP contribution in [0.1, 0.15) is 306 Å². The van der Waals surface area contributed by atoms with Gasteiger partial charge in [0.15, 0.2) is 0 Å². The fourth-order valence-electron chi connectivity index (χ4n) is 26.4. The Morgan fingerprint density at radius 2 is 0.511 bits per heavy atom. The molecule has 0 fully saturated rings. The standard InChI is InChI=1S/C126H128N2S3/c1-7-13-19-25-29-35-67-125(68-36-30-26-20-14-8-2)104-74-80(56-60-86(104)88-62-58-82(76-106(88)125)85-72-102-98-54-42-52-96-94-50-40-48-92-90-46-39-47-91-93-49-41-51-95-97-53-43-55-99-103(73-85)114(102)120-118(112(96)98)116(110(92)94)115(109(90)91)117(111(93)95)119(120)113(97)99)81-57-61-87-89-63-59-83(77-107(89)126(105(87)75-81,69-37-31-27-21-15-9-3)70-38-32-28-22-16-10-4)108-78-84(45-34-24-18-12-6)124(130-108)101-65-64-100(121-122(101)128-131-127-121)123-79(66-71-129-123)44-33-23-17-11-5/h39-43,46-66,71-78H,7-38,44-45,67-70H2,1-6H3. The summed E-state index contributed by atoms with van der Waals surface area (Å²) < 4.78 is 10.4. The van der Waals surface area contributed by atoms with Gasteiger partial charge in [0, 0.05) is 36.6 Å². The second-order valence-electron chi connectivity index (χ2n) is 40.6. The van der Waals surface area contributed by atoms with Crippen LogP contribution in [0, 0.1) is 0 Å². The molecule has 0 saturated carbocycles. The minimum absolute atomic E-state index is 0.124. The lowest BCUT2D eigenvalue weighted by molar-refractivity contribution is 0.397. The molecule has 3 aromatic heterocycles. The van der Waals surface area contributed by atoms with Crippen molar-refractivity contribution in [1.82, 2.24) is 8.75 Å². The van der Waals surface area contributed by atoms with Gasteiger partial charge in [-0.1, -0.05) is 386 Å². The van der Waals surface area contributed by atoms with Crippen molar-refractivity contribution in [3.63, 3.8) is 0 Å². The number of aryl methyl sites for hydroxylation is 2. The number of benzene rings is 18. The van der Waals surface area contributed by atoms with Crippen LogP contribution in [0.2, 0.25) is 0 Å². The zero-order valence-electron chi connectivity index (χ0n) is 78.6. The molecule has 660 valence electrons. The van der Waals surface area contributed by atoms with Crippen molar-refractivity contribution in [1.29, 1.82) is 0 Å². The summed E-state index contributed by atoms with van der Waals surface area (Å²) in [6.07, 6.45) is 47.8. The molecule has 0 atom stereocenters. The molecule has 0 radical (unpaired) electrons. The highest BCUT2D eigenvalue weighted by atomic mass is 32.1. The number of hydrogen-bond acceptors (Lipinski definition) is 5. The second-order valence-corrected chi connectivity index (χ2v) is 43.1. The van der Waals surface area contributed by atoms with Crippen LogP contribution >= 0.6 is 34.4 Å². The highest BCUT2D eigenvalue weighted by molar-refractivity contribution is 7.19. The summed E-state index contributed by atoms with van der Waals surface area (Å²) in [4.78, 5) is 4.15. The predicted molar refractivity (Wildman–Crippen MR) is 578 cm³/mol. The molecule has 5 heteroatoms. The maximum atomic E-state index is 5.23. The van der Waals surface area contributed by atoms with E-state index in [2.05, 4.69) is 247 Å². The minimum Gasteiger partial charge on any atom is -0.172 e. The van der Waals surface area contributed by atoms with E-state index in [1.54, 1.807) is 22.3 Å². The molecule has 23 rings (SSSR count). The fraction of sp³-hybridized carbons (Fsp3) is 0.365. The van der Waals surface area contributed by atoms with Crippen LogP contribution in [0.25, 0.3) is 216 Å². The molecule has 131 heavy (non-hydrogen) atoms. The van der Waals surface area contributed by atoms with Gasteiger partial charge in [0.1, 0.15) is 11.0 Å². The highest BCUT2D eigenvalue weighted by Gasteiger charge is 2.46. The summed E-state index contributed by atoms with van der Waals surface area (Å²) in [6.45, 7) is 14.2. The molecule has 0 aliphatic heterocycles. The number of fused-ring (bicyclic) bond motifs is 13. The van der Waals surface area contributed by atoms with Gasteiger partial charge in [0.05, 0.1) is 11.7 Å². The number of unbranched alkanes of at least 4 members (excludes halogenated alkanes) is 26. The monoisotopic (exact) mass is 1760 g/mol. The average Bonchev–Trinajstić information content (AvgIpc) is 1.28. The van der Waals surface area contributed by atoms with Gasteiger partial charge < -0.3 is 0 Å². The van der Waals surface area contributed by atoms with Crippen LogP contribution in [0.5, 0.6) is 0 Å². The molecule has 3 heterocycles. The number of aromatic nitrogens is 2. The van der Waals surface area contributed by atoms with E-state index in [1.165, 1.54) is 446 Å². The van der Waals surface area contributed by atoms with Crippen molar-refractivity contribution in [3.05, 3.63) is 239 Å². The Balaban J connectivity index is 0.673. The molecule has 0 unspecified atom stereocenters. The first kappa shape index (κ1) is 85.1. The number of hydrogen-bond donors (Lipinski definition) is 0. The molecule has 2 aliphatic rings. The zero-order chi connectivity index (χ0) is 88.0. The largest absolute Gasteiger partial charge is 0.172 e. The maximum absolute atomic E-state index is 5.23. The molecule has 0 spiro atoms. The molecular weight excluding hydrogens is 1640 g/mol. The summed E-state index contributed by atoms with van der Waals surface area (Å²) >= 11 is 5.30. The van der Waals surface area contributed by atoms with Gasteiger partial charge in [-0.05, 0) is 318 Å². The van der Waals surface area contributed by atoms with Crippen LogP contribution < -0.4 is 0 Å². The van der Waals surface area contributed by atoms with Crippen molar-refractivity contribution in [3.8, 4) is 75.8 Å². The Morgan fingerprint density at radius 1 is 0.229 bits per heavy atom. The third-order valence-electron chi connectivity index (χ3n) is 32.8. The third kappa shape index (κ3) is 14.0. The van der Waals surface area contributed by atoms with Gasteiger partial charge in [0.25, 0.3) is 0 Å². The molecule has 0 N–H and O–H groups in total. The Hall–Kier alpha value is -10.1. The topological polar surface area (TPSA) is 25.8 Å². The minimum atomic E-state index is -0.162. The lowest BCUT2D eigenvalue weighted by Crippen LogP contribution is -2.26. The van der Waals surface area contributed by atoms with Crippen molar-refractivity contribution in [2.75, 3.05) is 0 Å². The molecule has 0 amide bonds. The first-order chi connectivity index (χ1) is 64.8. The van der Waals surface area contributed by atoms with Crippen LogP contribution in [0.3, 0.4) is 0 Å². The predicted octanol–water partition coefficient (Wildman–Crippen LogP) is 40.4. The molecule has 18 aromatic carbocycles. The molecule has 0 bridgehead atoms. The van der Waals surface area contributed by atoms with Gasteiger partial charge >= 0.3 is 0 Å². The smallest absolute Gasteiger partial charge is 0.114 e. The van der Waals surface area contributed by atoms with Gasteiger partial charge in [-0.15, -0.1) is 22.7 Å². The zero-order valence-corrected chi connectivity index (χ0v) is 81.1. The quantitative estimate of drug-likeness (QED) is 0.0216. The van der Waals surface area contributed by atoms with Gasteiger partial charge in [-0.25, -0.2) is 0 Å². The van der Waals surface area contributed by atoms with E-state index in [0.29, 0.717) is 0 Å². The normalized spacial score (nSPS) is 13.8. The Labute approximate surface area is 788 Å². The molecular formula is C126H128N2S3. The molecule has 21 aromatic rings. The van der Waals surface area contributed by atoms with Crippen molar-refractivity contribution < 1.29 is 0 Å². The number of thiophene rings is 2. The van der Waals surface area contributed by atoms with E-state index < -0.39 is 0 Å². The fourth-order valence-corrected chi connectivity index (χ4v) is 29.2. The van der Waals surface area contributed by atoms with E-state index in [-0.39, 0.29) is 10.8 Å². The second kappa shape index (κ2) is 36.0. The van der Waals surface area contributed by atoms with Crippen LogP contribution in [-0.2, 0) is 23.7 Å². The van der Waals surface area contributed by atoms with Crippen LogP contribution in [0.4, 0.5) is 0 Å². The highest BCUT2D eigenvalue weighted by Crippen LogP contribution is 2.64. The summed E-state index contributed by atoms with van der Waals surface area (Å²) in [5.41, 5.74) is 26.3. The summed E-state index contributed by atoms with van der Waals surface area (Å²) in [6, 6.07) is 83.3. The number of rotatable bonds is 43. The Bertz CT molecular complexity index is 7480. The first-order valence-corrected chi connectivity index (χ1v) is 54.4. The van der Waals surface area contributed by atoms with Crippen molar-refractivity contribution >= 4 is 175 Å². The average molecular weight is 1770 g/mol. The van der Waals surface area contributed by atoms with E-state index >= 15 is 0 Å². The van der Waals surface area contributed by atoms with Crippen LogP contribution in [-0.4, -0.2) is 8.75 Å². The third-order valence-corrected chi connectivity index (χ3v) is 35.5. The van der Waals surface area contributed by atoms with Crippen molar-refractivity contribution in [2.45, 2.75) is 296 Å². The lowest BCUT2D eigenvalue weighted by Gasteiger charge is -2.34. The van der Waals surface area contributed by atoms with E-state index in [1.807, 2.05) is 22.7 Å². The number of nitrogens with zero attached hydrogens (tertiary/aromatic N) is 2. The summed E-state index contributed by atoms with van der Waals surface area (Å²) in [7, 11) is 0. The van der Waals surface area contributed by atoms with Gasteiger partial charge in [0.2, 0.25) is 0 Å². The SMILES string of the molecule is CCCCCCCCC1(CCCCCCCC)c2cc(-c3ccc4c(c3)C(CCCCCCCC)(CCCCCCCC)c3cc(-c5cc(CCCCCC)c(-c6ccc(-c7sccc7CCCCCC)c7nsnc67)s5)ccc3-4)ccc2-c2ccc(-c3cc4c5cccc6c7cccc8c9cccc%10c%11cccc%12c%13cccc%14c(c3)c4c3c(c65)c(c87)c(c9%10)c(c%11%12)c3c%13%14)cc21. The molecule has 2 aliphatic carbocycles. The van der Waals surface area contributed by atoms with Gasteiger partial charge in [-0.2, -0.15) is 8.75 Å². The summed E-state index contributed by atoms with van der Waals surface area (Å²) in [5.74, 6) is 0. The summed E-state index contributed by atoms with van der Waals surface area (Å²) in [5, 5.41) is 36.2. The molecule has 0 saturated heterocycles. The van der Waals surface area contributed by atoms with Crippen LogP contribution in [0.15, 0.2) is 206 Å². The van der Waals surface area contributed by atoms with Gasteiger partial charge in [-0.3, -0.25) is 0 Å². The Morgan fingerprint density at radius 3 is 0.870 bits per heavy atom. The van der Waals surface area contributed by atoms with E-state index in [9.17, 15) is 0 Å². The van der Waals surface area contributed by atoms with E-state index in [0.717, 1.165) is 36.7 Å². The first-order valence-electron chi connectivity index (χ1n) is 52.0. The van der Waals surface area contributed by atoms with E-state index in [4.69, 9.17) is 8.75 Å².